The van der Waals surface area contributed by atoms with Gasteiger partial charge in [0.1, 0.15) is 0 Å². The van der Waals surface area contributed by atoms with Gasteiger partial charge in [-0.1, -0.05) is 28.6 Å². The molecule has 0 radical (unpaired) electrons. The van der Waals surface area contributed by atoms with Crippen LogP contribution >= 0.6 is 11.3 Å². The summed E-state index contributed by atoms with van der Waals surface area (Å²) in [7, 11) is -3.84. The standard InChI is InChI=1S/C18H21FN4O6S2/c1-11(24)8-21-31(26,27)14-4-2-12(3-5-14)16(23-29-13-6-7-28-10-13)17(25)22-18-20-9-15(19)30-18/h2-5,9,11,13,21,24H,6-8,10H2,1H3,(H,20,22,25)/b23-16+/t11-,13+/m0/s1. The minimum absolute atomic E-state index is 0.0425. The molecular weight excluding hydrogens is 451 g/mol. The number of hydrogen-bond donors (Lipinski definition) is 3. The summed E-state index contributed by atoms with van der Waals surface area (Å²) < 4.78 is 45.2. The third-order valence-corrected chi connectivity index (χ3v) is 6.24. The first-order valence-corrected chi connectivity index (χ1v) is 11.6. The molecule has 3 rings (SSSR count). The van der Waals surface area contributed by atoms with Gasteiger partial charge in [0.15, 0.2) is 22.1 Å². The number of benzene rings is 1. The quantitative estimate of drug-likeness (QED) is 0.367. The van der Waals surface area contributed by atoms with E-state index in [9.17, 15) is 22.7 Å². The summed E-state index contributed by atoms with van der Waals surface area (Å²) in [5, 5.41) is 15.1. The molecule has 0 spiro atoms. The fourth-order valence-corrected chi connectivity index (χ4v) is 4.18. The van der Waals surface area contributed by atoms with Crippen molar-refractivity contribution >= 4 is 38.1 Å². The second-order valence-electron chi connectivity index (χ2n) is 6.68. The van der Waals surface area contributed by atoms with Crippen molar-refractivity contribution < 1.29 is 32.3 Å². The first kappa shape index (κ1) is 23.2. The maximum Gasteiger partial charge on any atom is 0.280 e. The summed E-state index contributed by atoms with van der Waals surface area (Å²) in [6.07, 6.45) is 0.430. The van der Waals surface area contributed by atoms with Crippen molar-refractivity contribution in [3.63, 3.8) is 0 Å². The van der Waals surface area contributed by atoms with Crippen LogP contribution < -0.4 is 10.0 Å². The third-order valence-electron chi connectivity index (χ3n) is 4.10. The molecule has 31 heavy (non-hydrogen) atoms. The number of carbonyl (C=O) groups excluding carboxylic acids is 1. The van der Waals surface area contributed by atoms with Gasteiger partial charge in [-0.15, -0.1) is 0 Å². The van der Waals surface area contributed by atoms with E-state index in [-0.39, 0.29) is 34.0 Å². The number of aliphatic hydroxyl groups is 1. The lowest BCUT2D eigenvalue weighted by molar-refractivity contribution is -0.110. The Morgan fingerprint density at radius 3 is 2.77 bits per heavy atom. The van der Waals surface area contributed by atoms with E-state index in [1.165, 1.54) is 31.2 Å². The first-order valence-electron chi connectivity index (χ1n) is 9.27. The highest BCUT2D eigenvalue weighted by molar-refractivity contribution is 7.89. The van der Waals surface area contributed by atoms with Crippen molar-refractivity contribution in [3.05, 3.63) is 41.2 Å². The summed E-state index contributed by atoms with van der Waals surface area (Å²) >= 11 is 0.652. The van der Waals surface area contributed by atoms with Gasteiger partial charge in [-0.3, -0.25) is 10.1 Å². The zero-order valence-corrected chi connectivity index (χ0v) is 18.1. The predicted molar refractivity (Wildman–Crippen MR) is 111 cm³/mol. The number of thiazole rings is 1. The minimum Gasteiger partial charge on any atom is -0.392 e. The maximum atomic E-state index is 13.2. The summed E-state index contributed by atoms with van der Waals surface area (Å²) in [6.45, 7) is 2.17. The Labute approximate surface area is 182 Å². The molecule has 0 saturated carbocycles. The molecule has 13 heteroatoms. The summed E-state index contributed by atoms with van der Waals surface area (Å²) in [5.74, 6) is -0.698. The van der Waals surface area contributed by atoms with Crippen LogP contribution in [0.4, 0.5) is 9.52 Å². The van der Waals surface area contributed by atoms with E-state index in [2.05, 4.69) is 20.2 Å². The summed E-state index contributed by atoms with van der Waals surface area (Å²) in [4.78, 5) is 21.8. The Morgan fingerprint density at radius 2 is 2.19 bits per heavy atom. The molecule has 1 fully saturated rings. The molecule has 3 N–H and O–H groups in total. The number of aromatic nitrogens is 1. The Morgan fingerprint density at radius 1 is 1.45 bits per heavy atom. The Kier molecular flexibility index (Phi) is 7.67. The van der Waals surface area contributed by atoms with Crippen molar-refractivity contribution in [2.75, 3.05) is 25.1 Å². The molecule has 1 amide bonds. The van der Waals surface area contributed by atoms with Crippen LogP contribution in [-0.4, -0.2) is 62.1 Å². The van der Waals surface area contributed by atoms with Crippen LogP contribution in [0.25, 0.3) is 0 Å². The van der Waals surface area contributed by atoms with Crippen LogP contribution in [0.15, 0.2) is 40.5 Å². The van der Waals surface area contributed by atoms with Crippen LogP contribution in [0.2, 0.25) is 0 Å². The fourth-order valence-electron chi connectivity index (χ4n) is 2.52. The smallest absolute Gasteiger partial charge is 0.280 e. The van der Waals surface area contributed by atoms with E-state index < -0.39 is 27.2 Å². The SMILES string of the molecule is C[C@H](O)CNS(=O)(=O)c1ccc(/C(=N\O[C@@H]2CCOC2)C(=O)Nc2ncc(F)s2)cc1. The third kappa shape index (κ3) is 6.51. The zero-order valence-electron chi connectivity index (χ0n) is 16.4. The molecule has 1 aromatic carbocycles. The highest BCUT2D eigenvalue weighted by Crippen LogP contribution is 2.18. The molecule has 1 aliphatic rings. The van der Waals surface area contributed by atoms with Crippen LogP contribution in [0.1, 0.15) is 18.9 Å². The van der Waals surface area contributed by atoms with Gasteiger partial charge < -0.3 is 14.7 Å². The average molecular weight is 473 g/mol. The Bertz CT molecular complexity index is 1030. The topological polar surface area (TPSA) is 139 Å². The zero-order chi connectivity index (χ0) is 22.4. The van der Waals surface area contributed by atoms with Gasteiger partial charge in [-0.05, 0) is 19.1 Å². The molecule has 10 nitrogen and oxygen atoms in total. The van der Waals surface area contributed by atoms with E-state index in [1.807, 2.05) is 0 Å². The molecule has 1 aromatic heterocycles. The Hall–Kier alpha value is -2.45. The van der Waals surface area contributed by atoms with Crippen molar-refractivity contribution in [2.24, 2.45) is 5.16 Å². The minimum atomic E-state index is -3.84. The summed E-state index contributed by atoms with van der Waals surface area (Å²) in [5.41, 5.74) is 0.145. The maximum absolute atomic E-state index is 13.2. The largest absolute Gasteiger partial charge is 0.392 e. The molecule has 1 saturated heterocycles. The number of aliphatic hydroxyl groups excluding tert-OH is 1. The molecule has 2 atom stereocenters. The van der Waals surface area contributed by atoms with Gasteiger partial charge in [0, 0.05) is 18.5 Å². The molecule has 0 bridgehead atoms. The number of hydrogen-bond acceptors (Lipinski definition) is 9. The molecule has 2 heterocycles. The molecule has 1 aliphatic heterocycles. The van der Waals surface area contributed by atoms with E-state index >= 15 is 0 Å². The summed E-state index contributed by atoms with van der Waals surface area (Å²) in [6, 6.07) is 5.38. The van der Waals surface area contributed by atoms with E-state index in [4.69, 9.17) is 9.57 Å². The molecular formula is C18H21FN4O6S2. The van der Waals surface area contributed by atoms with Crippen molar-refractivity contribution in [2.45, 2.75) is 30.4 Å². The number of carbonyl (C=O) groups is 1. The van der Waals surface area contributed by atoms with Gasteiger partial charge in [-0.2, -0.15) is 4.39 Å². The number of amides is 1. The van der Waals surface area contributed by atoms with E-state index in [1.54, 1.807) is 0 Å². The number of ether oxygens (including phenoxy) is 1. The number of sulfonamides is 1. The second-order valence-corrected chi connectivity index (χ2v) is 9.43. The molecule has 0 aliphatic carbocycles. The predicted octanol–water partition coefficient (Wildman–Crippen LogP) is 1.09. The average Bonchev–Trinajstić information content (AvgIpc) is 3.39. The van der Waals surface area contributed by atoms with Gasteiger partial charge in [-0.25, -0.2) is 18.1 Å². The lowest BCUT2D eigenvalue weighted by atomic mass is 10.1. The van der Waals surface area contributed by atoms with Gasteiger partial charge in [0.2, 0.25) is 10.0 Å². The number of anilines is 1. The monoisotopic (exact) mass is 472 g/mol. The first-order chi connectivity index (χ1) is 14.7. The second kappa shape index (κ2) is 10.2. The van der Waals surface area contributed by atoms with Crippen LogP contribution in [0, 0.1) is 5.13 Å². The van der Waals surface area contributed by atoms with Crippen LogP contribution in [0.3, 0.4) is 0 Å². The number of oxime groups is 1. The Balaban J connectivity index is 1.82. The highest BCUT2D eigenvalue weighted by atomic mass is 32.2. The number of nitrogens with one attached hydrogen (secondary N) is 2. The van der Waals surface area contributed by atoms with Crippen LogP contribution in [0.5, 0.6) is 0 Å². The highest BCUT2D eigenvalue weighted by Gasteiger charge is 2.22. The van der Waals surface area contributed by atoms with Crippen molar-refractivity contribution in [1.29, 1.82) is 0 Å². The number of halogens is 1. The van der Waals surface area contributed by atoms with Gasteiger partial charge in [0.05, 0.1) is 30.4 Å². The lowest BCUT2D eigenvalue weighted by Gasteiger charge is -2.11. The van der Waals surface area contributed by atoms with E-state index in [0.29, 0.717) is 31.0 Å². The van der Waals surface area contributed by atoms with Crippen molar-refractivity contribution in [3.8, 4) is 0 Å². The number of rotatable bonds is 9. The fraction of sp³-hybridized carbons (Fsp3) is 0.389. The molecule has 168 valence electrons. The van der Waals surface area contributed by atoms with Gasteiger partial charge >= 0.3 is 0 Å². The normalized spacial score (nSPS) is 18.0. The van der Waals surface area contributed by atoms with E-state index in [0.717, 1.165) is 6.20 Å². The lowest BCUT2D eigenvalue weighted by Crippen LogP contribution is -2.30. The van der Waals surface area contributed by atoms with Gasteiger partial charge in [0.25, 0.3) is 5.91 Å². The van der Waals surface area contributed by atoms with Crippen LogP contribution in [-0.2, 0) is 24.4 Å². The number of nitrogens with zero attached hydrogens (tertiary/aromatic N) is 2. The van der Waals surface area contributed by atoms with Crippen molar-refractivity contribution in [1.82, 2.24) is 9.71 Å². The molecule has 0 unspecified atom stereocenters. The molecule has 2 aromatic rings.